The van der Waals surface area contributed by atoms with Crippen LogP contribution in [0.4, 0.5) is 4.39 Å². The number of aromatic nitrogens is 1. The van der Waals surface area contributed by atoms with E-state index in [1.165, 1.54) is 17.7 Å². The van der Waals surface area contributed by atoms with Crippen LogP contribution in [-0.4, -0.2) is 47.5 Å². The second-order valence-corrected chi connectivity index (χ2v) is 8.65. The number of aliphatic hydroxyl groups is 1. The third kappa shape index (κ3) is 5.07. The monoisotopic (exact) mass is 446 g/mol. The fraction of sp³-hybridized carbons (Fsp3) is 0.296. The summed E-state index contributed by atoms with van der Waals surface area (Å²) in [5.41, 5.74) is 3.27. The first-order valence-electron chi connectivity index (χ1n) is 11.4. The van der Waals surface area contributed by atoms with Crippen LogP contribution in [0, 0.1) is 5.82 Å². The van der Waals surface area contributed by atoms with Gasteiger partial charge in [0.15, 0.2) is 5.58 Å². The minimum absolute atomic E-state index is 0.215. The minimum Gasteiger partial charge on any atom is -0.491 e. The Balaban J connectivity index is 1.15. The molecular weight excluding hydrogens is 419 g/mol. The van der Waals surface area contributed by atoms with E-state index in [2.05, 4.69) is 40.4 Å². The van der Waals surface area contributed by atoms with E-state index in [1.54, 1.807) is 6.07 Å². The Labute approximate surface area is 192 Å². The number of benzene rings is 3. The lowest BCUT2D eigenvalue weighted by Gasteiger charge is -2.33. The van der Waals surface area contributed by atoms with Crippen LogP contribution in [0.25, 0.3) is 22.2 Å². The molecule has 170 valence electrons. The highest BCUT2D eigenvalue weighted by molar-refractivity contribution is 5.91. The molecule has 1 N–H and O–H groups in total. The largest absolute Gasteiger partial charge is 0.491 e. The summed E-state index contributed by atoms with van der Waals surface area (Å²) in [7, 11) is 0. The van der Waals surface area contributed by atoms with E-state index in [9.17, 15) is 9.50 Å². The van der Waals surface area contributed by atoms with E-state index >= 15 is 0 Å². The van der Waals surface area contributed by atoms with Gasteiger partial charge in [0.2, 0.25) is 0 Å². The number of nitrogens with zero attached hydrogens (tertiary/aromatic N) is 2. The highest BCUT2D eigenvalue weighted by atomic mass is 19.1. The van der Waals surface area contributed by atoms with Crippen molar-refractivity contribution >= 4 is 11.0 Å². The highest BCUT2D eigenvalue weighted by Gasteiger charge is 2.22. The maximum atomic E-state index is 13.4. The van der Waals surface area contributed by atoms with Crippen LogP contribution in [0.2, 0.25) is 0 Å². The van der Waals surface area contributed by atoms with Crippen LogP contribution in [0.3, 0.4) is 0 Å². The van der Waals surface area contributed by atoms with Gasteiger partial charge >= 0.3 is 0 Å². The topological polar surface area (TPSA) is 58.7 Å². The third-order valence-corrected chi connectivity index (χ3v) is 6.31. The Kier molecular flexibility index (Phi) is 6.37. The molecule has 1 aliphatic heterocycles. The van der Waals surface area contributed by atoms with Crippen LogP contribution in [0.1, 0.15) is 24.3 Å². The Morgan fingerprint density at radius 2 is 1.85 bits per heavy atom. The summed E-state index contributed by atoms with van der Waals surface area (Å²) in [5, 5.41) is 15.4. The van der Waals surface area contributed by atoms with Gasteiger partial charge in [0.25, 0.3) is 0 Å². The van der Waals surface area contributed by atoms with Gasteiger partial charge in [0.1, 0.15) is 30.0 Å². The second kappa shape index (κ2) is 9.73. The van der Waals surface area contributed by atoms with Gasteiger partial charge in [-0.25, -0.2) is 4.39 Å². The predicted molar refractivity (Wildman–Crippen MR) is 126 cm³/mol. The summed E-state index contributed by atoms with van der Waals surface area (Å²) < 4.78 is 24.6. The number of hydrogen-bond donors (Lipinski definition) is 1. The zero-order chi connectivity index (χ0) is 22.6. The number of aliphatic hydroxyl groups excluding tert-OH is 1. The molecule has 0 spiro atoms. The van der Waals surface area contributed by atoms with Crippen LogP contribution in [0.15, 0.2) is 77.3 Å². The number of likely N-dealkylation sites (tertiary alicyclic amines) is 1. The maximum absolute atomic E-state index is 13.4. The van der Waals surface area contributed by atoms with Gasteiger partial charge < -0.3 is 19.3 Å². The molecule has 1 aromatic heterocycles. The molecule has 0 saturated carbocycles. The zero-order valence-electron chi connectivity index (χ0n) is 18.4. The molecule has 5 rings (SSSR count). The van der Waals surface area contributed by atoms with E-state index in [0.29, 0.717) is 29.5 Å². The standard InChI is InChI=1S/C27H27FN2O3/c28-22-9-10-25-26(16-22)33-29-27(25)21-7-4-8-24(15-21)32-18-23(31)17-30-13-11-20(12-14-30)19-5-2-1-3-6-19/h1-10,15-16,20,23,31H,11-14,17-18H2/t23-/m1/s1. The first kappa shape index (κ1) is 21.6. The smallest absolute Gasteiger partial charge is 0.170 e. The average Bonchev–Trinajstić information content (AvgIpc) is 3.27. The predicted octanol–water partition coefficient (Wildman–Crippen LogP) is 5.25. The molecule has 6 heteroatoms. The van der Waals surface area contributed by atoms with Crippen LogP contribution >= 0.6 is 0 Å². The summed E-state index contributed by atoms with van der Waals surface area (Å²) >= 11 is 0. The number of fused-ring (bicyclic) bond motifs is 1. The van der Waals surface area contributed by atoms with Crippen LogP contribution in [0.5, 0.6) is 5.75 Å². The molecule has 5 nitrogen and oxygen atoms in total. The van der Waals surface area contributed by atoms with Gasteiger partial charge in [-0.2, -0.15) is 0 Å². The van der Waals surface area contributed by atoms with E-state index in [-0.39, 0.29) is 12.4 Å². The van der Waals surface area contributed by atoms with Crippen molar-refractivity contribution in [1.29, 1.82) is 0 Å². The molecule has 33 heavy (non-hydrogen) atoms. The summed E-state index contributed by atoms with van der Waals surface area (Å²) in [6.45, 7) is 2.77. The summed E-state index contributed by atoms with van der Waals surface area (Å²) in [6.07, 6.45) is 1.64. The van der Waals surface area contributed by atoms with Crippen molar-refractivity contribution in [2.75, 3.05) is 26.2 Å². The molecular formula is C27H27FN2O3. The summed E-state index contributed by atoms with van der Waals surface area (Å²) in [5.74, 6) is 0.885. The molecule has 4 aromatic rings. The maximum Gasteiger partial charge on any atom is 0.170 e. The molecule has 1 fully saturated rings. The zero-order valence-corrected chi connectivity index (χ0v) is 18.4. The van der Waals surface area contributed by atoms with Crippen molar-refractivity contribution in [1.82, 2.24) is 10.1 Å². The number of halogens is 1. The molecule has 1 atom stereocenters. The molecule has 0 aliphatic carbocycles. The fourth-order valence-corrected chi connectivity index (χ4v) is 4.57. The molecule has 1 saturated heterocycles. The Morgan fingerprint density at radius 3 is 2.67 bits per heavy atom. The Morgan fingerprint density at radius 1 is 1.03 bits per heavy atom. The molecule has 0 amide bonds. The quantitative estimate of drug-likeness (QED) is 0.420. The van der Waals surface area contributed by atoms with E-state index in [4.69, 9.17) is 9.26 Å². The molecule has 2 heterocycles. The molecule has 1 aliphatic rings. The van der Waals surface area contributed by atoms with Gasteiger partial charge in [-0.1, -0.05) is 47.6 Å². The van der Waals surface area contributed by atoms with Crippen molar-refractivity contribution < 1.29 is 18.8 Å². The highest BCUT2D eigenvalue weighted by Crippen LogP contribution is 2.31. The molecule has 0 radical (unpaired) electrons. The van der Waals surface area contributed by atoms with Gasteiger partial charge in [-0.15, -0.1) is 0 Å². The third-order valence-electron chi connectivity index (χ3n) is 6.31. The number of piperidine rings is 1. The van der Waals surface area contributed by atoms with Crippen molar-refractivity contribution in [2.45, 2.75) is 24.9 Å². The van der Waals surface area contributed by atoms with E-state index < -0.39 is 6.10 Å². The fourth-order valence-electron chi connectivity index (χ4n) is 4.57. The Hall–Kier alpha value is -3.22. The van der Waals surface area contributed by atoms with Crippen molar-refractivity contribution in [3.63, 3.8) is 0 Å². The SMILES string of the molecule is O[C@@H](COc1cccc(-c2noc3cc(F)ccc23)c1)CN1CCC(c2ccccc2)CC1. The lowest BCUT2D eigenvalue weighted by Crippen LogP contribution is -2.40. The minimum atomic E-state index is -0.571. The first-order chi connectivity index (χ1) is 16.2. The lowest BCUT2D eigenvalue weighted by molar-refractivity contribution is 0.0594. The normalized spacial score (nSPS) is 16.2. The van der Waals surface area contributed by atoms with Crippen molar-refractivity contribution in [3.8, 4) is 17.0 Å². The number of β-amino-alcohol motifs (C(OH)–C–C–N with tert-alkyl or cyclic N) is 1. The second-order valence-electron chi connectivity index (χ2n) is 8.65. The number of hydrogen-bond acceptors (Lipinski definition) is 5. The van der Waals surface area contributed by atoms with Gasteiger partial charge in [-0.3, -0.25) is 0 Å². The number of ether oxygens (including phenoxy) is 1. The van der Waals surface area contributed by atoms with Crippen molar-refractivity contribution in [3.05, 3.63) is 84.2 Å². The summed E-state index contributed by atoms with van der Waals surface area (Å²) in [6, 6.07) is 22.5. The van der Waals surface area contributed by atoms with Crippen molar-refractivity contribution in [2.24, 2.45) is 0 Å². The van der Waals surface area contributed by atoms with Gasteiger partial charge in [-0.05, 0) is 61.7 Å². The number of rotatable bonds is 7. The van der Waals surface area contributed by atoms with E-state index in [0.717, 1.165) is 36.9 Å². The first-order valence-corrected chi connectivity index (χ1v) is 11.4. The lowest BCUT2D eigenvalue weighted by atomic mass is 9.89. The summed E-state index contributed by atoms with van der Waals surface area (Å²) in [4.78, 5) is 2.31. The van der Waals surface area contributed by atoms with E-state index in [1.807, 2.05) is 24.3 Å². The molecule has 0 unspecified atom stereocenters. The van der Waals surface area contributed by atoms with Crippen LogP contribution < -0.4 is 4.74 Å². The average molecular weight is 447 g/mol. The van der Waals surface area contributed by atoms with Gasteiger partial charge in [0, 0.05) is 23.6 Å². The van der Waals surface area contributed by atoms with Gasteiger partial charge in [0.05, 0.1) is 0 Å². The Bertz CT molecular complexity index is 1200. The molecule has 3 aromatic carbocycles. The molecule has 0 bridgehead atoms. The van der Waals surface area contributed by atoms with Crippen LogP contribution in [-0.2, 0) is 0 Å².